The number of aliphatic hydroxyl groups excluding tert-OH is 3. The van der Waals surface area contributed by atoms with E-state index in [1.54, 1.807) is 26.0 Å². The fourth-order valence-corrected chi connectivity index (χ4v) is 2.30. The van der Waals surface area contributed by atoms with Crippen LogP contribution >= 0.6 is 0 Å². The third kappa shape index (κ3) is 3.13. The van der Waals surface area contributed by atoms with Gasteiger partial charge in [0.1, 0.15) is 24.4 Å². The van der Waals surface area contributed by atoms with Crippen molar-refractivity contribution in [2.75, 3.05) is 6.61 Å². The van der Waals surface area contributed by atoms with E-state index in [9.17, 15) is 10.2 Å². The minimum Gasteiger partial charge on any atom is -0.394 e. The number of hydrogen-bond donors (Lipinski definition) is 3. The molecule has 0 aliphatic carbocycles. The minimum atomic E-state index is -1.09. The molecule has 1 heterocycles. The topological polar surface area (TPSA) is 79.2 Å². The van der Waals surface area contributed by atoms with Gasteiger partial charge in [-0.05, 0) is 19.4 Å². The van der Waals surface area contributed by atoms with Crippen LogP contribution in [0.5, 0.6) is 0 Å². The van der Waals surface area contributed by atoms with Crippen molar-refractivity contribution in [1.82, 2.24) is 0 Å². The second-order valence-electron chi connectivity index (χ2n) is 5.17. The van der Waals surface area contributed by atoms with Gasteiger partial charge in [0.15, 0.2) is 5.79 Å². The molecule has 2 rings (SSSR count). The van der Waals surface area contributed by atoms with E-state index in [0.717, 1.165) is 0 Å². The van der Waals surface area contributed by atoms with Crippen LogP contribution in [-0.2, 0) is 9.47 Å². The van der Waals surface area contributed by atoms with E-state index < -0.39 is 36.8 Å². The zero-order chi connectivity index (χ0) is 14.0. The first-order valence-electron chi connectivity index (χ1n) is 6.32. The van der Waals surface area contributed by atoms with E-state index in [4.69, 9.17) is 14.6 Å². The lowest BCUT2D eigenvalue weighted by molar-refractivity contribution is -0.162. The van der Waals surface area contributed by atoms with Crippen molar-refractivity contribution in [2.45, 2.75) is 44.1 Å². The van der Waals surface area contributed by atoms with Gasteiger partial charge in [-0.25, -0.2) is 0 Å². The molecule has 1 aromatic rings. The molecule has 5 nitrogen and oxygen atoms in total. The zero-order valence-corrected chi connectivity index (χ0v) is 11.1. The van der Waals surface area contributed by atoms with Gasteiger partial charge in [0.2, 0.25) is 0 Å². The molecule has 1 unspecified atom stereocenters. The predicted octanol–water partition coefficient (Wildman–Crippen LogP) is 0.593. The Morgan fingerprint density at radius 3 is 2.26 bits per heavy atom. The Hall–Kier alpha value is -0.980. The molecule has 0 amide bonds. The predicted molar refractivity (Wildman–Crippen MR) is 68.3 cm³/mol. The first-order valence-corrected chi connectivity index (χ1v) is 6.32. The molecule has 1 aliphatic rings. The molecule has 1 aromatic carbocycles. The number of benzene rings is 1. The van der Waals surface area contributed by atoms with E-state index in [-0.39, 0.29) is 0 Å². The van der Waals surface area contributed by atoms with E-state index in [0.29, 0.717) is 5.56 Å². The van der Waals surface area contributed by atoms with Gasteiger partial charge in [-0.15, -0.1) is 0 Å². The molecule has 4 atom stereocenters. The van der Waals surface area contributed by atoms with Crippen molar-refractivity contribution in [3.05, 3.63) is 35.9 Å². The Morgan fingerprint density at radius 2 is 1.68 bits per heavy atom. The highest BCUT2D eigenvalue weighted by Gasteiger charge is 2.48. The van der Waals surface area contributed by atoms with Crippen molar-refractivity contribution in [3.8, 4) is 0 Å². The molecule has 1 aliphatic heterocycles. The van der Waals surface area contributed by atoms with Crippen molar-refractivity contribution in [2.24, 2.45) is 0 Å². The monoisotopic (exact) mass is 268 g/mol. The summed E-state index contributed by atoms with van der Waals surface area (Å²) in [6, 6.07) is 9.05. The first-order chi connectivity index (χ1) is 8.94. The van der Waals surface area contributed by atoms with E-state index in [2.05, 4.69) is 0 Å². The first kappa shape index (κ1) is 14.4. The smallest absolute Gasteiger partial charge is 0.164 e. The lowest BCUT2D eigenvalue weighted by atomic mass is 9.98. The normalized spacial score (nSPS) is 29.1. The zero-order valence-electron chi connectivity index (χ0n) is 11.1. The molecule has 19 heavy (non-hydrogen) atoms. The number of ether oxygens (including phenoxy) is 2. The molecule has 1 fully saturated rings. The summed E-state index contributed by atoms with van der Waals surface area (Å²) in [7, 11) is 0. The standard InChI is InChI=1S/C14H20O5/c1-14(2)18-12(10(16)8-15)13(19-14)11(17)9-6-4-3-5-7-9/h3-7,10-13,15-17H,8H2,1-2H3/t10-,11?,12-,13+/m1/s1. The van der Waals surface area contributed by atoms with Crippen LogP contribution in [0.15, 0.2) is 30.3 Å². The summed E-state index contributed by atoms with van der Waals surface area (Å²) in [5.41, 5.74) is 0.684. The summed E-state index contributed by atoms with van der Waals surface area (Å²) in [6.45, 7) is 2.98. The van der Waals surface area contributed by atoms with Crippen molar-refractivity contribution in [1.29, 1.82) is 0 Å². The average Bonchev–Trinajstić information content (AvgIpc) is 2.74. The molecule has 0 aromatic heterocycles. The molecule has 106 valence electrons. The Balaban J connectivity index is 2.21. The highest BCUT2D eigenvalue weighted by molar-refractivity contribution is 5.19. The maximum absolute atomic E-state index is 10.4. The summed E-state index contributed by atoms with van der Waals surface area (Å²) >= 11 is 0. The Bertz CT molecular complexity index is 406. The lowest BCUT2D eigenvalue weighted by Gasteiger charge is -2.25. The van der Waals surface area contributed by atoms with E-state index >= 15 is 0 Å². The Morgan fingerprint density at radius 1 is 1.11 bits per heavy atom. The molecule has 0 spiro atoms. The third-order valence-corrected chi connectivity index (χ3v) is 3.18. The largest absolute Gasteiger partial charge is 0.394 e. The van der Waals surface area contributed by atoms with Crippen LogP contribution in [-0.4, -0.2) is 46.0 Å². The Labute approximate surface area is 112 Å². The lowest BCUT2D eigenvalue weighted by Crippen LogP contribution is -2.40. The molecule has 5 heteroatoms. The summed E-state index contributed by atoms with van der Waals surface area (Å²) in [5.74, 6) is -0.902. The second-order valence-corrected chi connectivity index (χ2v) is 5.17. The van der Waals surface area contributed by atoms with Crippen molar-refractivity contribution in [3.63, 3.8) is 0 Å². The fourth-order valence-electron chi connectivity index (χ4n) is 2.30. The molecule has 0 bridgehead atoms. The highest BCUT2D eigenvalue weighted by Crippen LogP contribution is 2.36. The van der Waals surface area contributed by atoms with Gasteiger partial charge in [-0.1, -0.05) is 30.3 Å². The van der Waals surface area contributed by atoms with Crippen LogP contribution in [0, 0.1) is 0 Å². The number of aliphatic hydroxyl groups is 3. The maximum Gasteiger partial charge on any atom is 0.164 e. The SMILES string of the molecule is CC1(C)O[C@H]([C@H](O)CO)[C@H](C(O)c2ccccc2)O1. The molecule has 0 radical (unpaired) electrons. The van der Waals surface area contributed by atoms with Gasteiger partial charge in [-0.2, -0.15) is 0 Å². The van der Waals surface area contributed by atoms with Crippen LogP contribution in [0.1, 0.15) is 25.5 Å². The summed E-state index contributed by atoms with van der Waals surface area (Å²) in [6.07, 6.45) is -3.51. The van der Waals surface area contributed by atoms with Gasteiger partial charge >= 0.3 is 0 Å². The van der Waals surface area contributed by atoms with Gasteiger partial charge in [0.05, 0.1) is 6.61 Å². The molecule has 0 saturated carbocycles. The van der Waals surface area contributed by atoms with Crippen molar-refractivity contribution < 1.29 is 24.8 Å². The van der Waals surface area contributed by atoms with Gasteiger partial charge in [0.25, 0.3) is 0 Å². The maximum atomic E-state index is 10.4. The van der Waals surface area contributed by atoms with Crippen LogP contribution in [0.25, 0.3) is 0 Å². The third-order valence-electron chi connectivity index (χ3n) is 3.18. The minimum absolute atomic E-state index is 0.442. The summed E-state index contributed by atoms with van der Waals surface area (Å²) in [5, 5.41) is 29.2. The fraction of sp³-hybridized carbons (Fsp3) is 0.571. The highest BCUT2D eigenvalue weighted by atomic mass is 16.8. The van der Waals surface area contributed by atoms with Crippen LogP contribution in [0.4, 0.5) is 0 Å². The van der Waals surface area contributed by atoms with Crippen LogP contribution in [0.3, 0.4) is 0 Å². The number of rotatable bonds is 4. The Kier molecular flexibility index (Phi) is 4.23. The van der Waals surface area contributed by atoms with Gasteiger partial charge in [0, 0.05) is 0 Å². The van der Waals surface area contributed by atoms with Gasteiger partial charge < -0.3 is 24.8 Å². The molecular weight excluding hydrogens is 248 g/mol. The number of hydrogen-bond acceptors (Lipinski definition) is 5. The summed E-state index contributed by atoms with van der Waals surface area (Å²) < 4.78 is 11.2. The second kappa shape index (κ2) is 5.56. The molecule has 3 N–H and O–H groups in total. The molecular formula is C14H20O5. The van der Waals surface area contributed by atoms with Crippen LogP contribution in [0.2, 0.25) is 0 Å². The van der Waals surface area contributed by atoms with Crippen molar-refractivity contribution >= 4 is 0 Å². The quantitative estimate of drug-likeness (QED) is 0.745. The van der Waals surface area contributed by atoms with Crippen LogP contribution < -0.4 is 0 Å². The van der Waals surface area contributed by atoms with E-state index in [1.165, 1.54) is 0 Å². The summed E-state index contributed by atoms with van der Waals surface area (Å²) in [4.78, 5) is 0. The van der Waals surface area contributed by atoms with E-state index in [1.807, 2.05) is 18.2 Å². The molecule has 1 saturated heterocycles. The average molecular weight is 268 g/mol. The van der Waals surface area contributed by atoms with Gasteiger partial charge in [-0.3, -0.25) is 0 Å².